The highest BCUT2D eigenvalue weighted by atomic mass is 32.1. The molecule has 0 atom stereocenters. The van der Waals surface area contributed by atoms with Gasteiger partial charge in [0.05, 0.1) is 5.51 Å². The predicted octanol–water partition coefficient (Wildman–Crippen LogP) is 3.19. The minimum atomic E-state index is -0.189. The maximum atomic E-state index is 11.9. The molecule has 0 bridgehead atoms. The zero-order valence-electron chi connectivity index (χ0n) is 9.98. The molecule has 0 saturated carbocycles. The van der Waals surface area contributed by atoms with E-state index >= 15 is 0 Å². The SMILES string of the molecule is O=C(Nc1cccc(-n2cccc2)c1)c1cscn1. The topological polar surface area (TPSA) is 46.9 Å². The molecular formula is C14H11N3OS. The van der Waals surface area contributed by atoms with Gasteiger partial charge in [0.2, 0.25) is 0 Å². The highest BCUT2D eigenvalue weighted by Crippen LogP contribution is 2.15. The minimum Gasteiger partial charge on any atom is -0.324 e. The first-order valence-corrected chi connectivity index (χ1v) is 6.70. The summed E-state index contributed by atoms with van der Waals surface area (Å²) in [7, 11) is 0. The summed E-state index contributed by atoms with van der Waals surface area (Å²) in [5, 5.41) is 4.57. The first-order chi connectivity index (χ1) is 9.33. The molecule has 94 valence electrons. The number of benzene rings is 1. The Bertz CT molecular complexity index is 675. The first-order valence-electron chi connectivity index (χ1n) is 5.76. The highest BCUT2D eigenvalue weighted by molar-refractivity contribution is 7.07. The van der Waals surface area contributed by atoms with Gasteiger partial charge in [-0.25, -0.2) is 4.98 Å². The second kappa shape index (κ2) is 5.07. The lowest BCUT2D eigenvalue weighted by Gasteiger charge is -2.07. The number of nitrogens with zero attached hydrogens (tertiary/aromatic N) is 2. The van der Waals surface area contributed by atoms with Crippen molar-refractivity contribution in [1.29, 1.82) is 0 Å². The number of thiazole rings is 1. The maximum absolute atomic E-state index is 11.9. The fourth-order valence-corrected chi connectivity index (χ4v) is 2.30. The van der Waals surface area contributed by atoms with Gasteiger partial charge in [-0.3, -0.25) is 4.79 Å². The molecule has 0 fully saturated rings. The number of nitrogens with one attached hydrogen (secondary N) is 1. The summed E-state index contributed by atoms with van der Waals surface area (Å²) in [5.74, 6) is -0.189. The van der Waals surface area contributed by atoms with Crippen LogP contribution in [0.25, 0.3) is 5.69 Å². The maximum Gasteiger partial charge on any atom is 0.275 e. The van der Waals surface area contributed by atoms with E-state index in [2.05, 4.69) is 10.3 Å². The monoisotopic (exact) mass is 269 g/mol. The van der Waals surface area contributed by atoms with Crippen molar-refractivity contribution in [3.63, 3.8) is 0 Å². The van der Waals surface area contributed by atoms with E-state index in [-0.39, 0.29) is 5.91 Å². The van der Waals surface area contributed by atoms with Crippen LogP contribution >= 0.6 is 11.3 Å². The number of aromatic nitrogens is 2. The van der Waals surface area contributed by atoms with Gasteiger partial charge in [-0.1, -0.05) is 6.07 Å². The Labute approximate surface area is 114 Å². The van der Waals surface area contributed by atoms with Crippen LogP contribution in [-0.2, 0) is 0 Å². The smallest absolute Gasteiger partial charge is 0.275 e. The Morgan fingerprint density at radius 1 is 1.21 bits per heavy atom. The van der Waals surface area contributed by atoms with Gasteiger partial charge in [-0.15, -0.1) is 11.3 Å². The van der Waals surface area contributed by atoms with Crippen molar-refractivity contribution in [3.8, 4) is 5.69 Å². The van der Waals surface area contributed by atoms with Gasteiger partial charge in [0.1, 0.15) is 5.69 Å². The second-order valence-corrected chi connectivity index (χ2v) is 4.69. The molecule has 2 aromatic heterocycles. The Hall–Kier alpha value is -2.40. The van der Waals surface area contributed by atoms with E-state index in [0.717, 1.165) is 11.4 Å². The van der Waals surface area contributed by atoms with Gasteiger partial charge in [-0.2, -0.15) is 0 Å². The molecule has 0 saturated heterocycles. The first kappa shape index (κ1) is 11.7. The quantitative estimate of drug-likeness (QED) is 0.793. The molecule has 1 amide bonds. The van der Waals surface area contributed by atoms with E-state index in [4.69, 9.17) is 0 Å². The van der Waals surface area contributed by atoms with Crippen molar-refractivity contribution in [3.05, 3.63) is 65.4 Å². The fraction of sp³-hybridized carbons (Fsp3) is 0. The summed E-state index contributed by atoms with van der Waals surface area (Å²) in [6.07, 6.45) is 3.92. The van der Waals surface area contributed by atoms with Crippen molar-refractivity contribution in [2.75, 3.05) is 5.32 Å². The van der Waals surface area contributed by atoms with Gasteiger partial charge in [-0.05, 0) is 30.3 Å². The Morgan fingerprint density at radius 3 is 2.79 bits per heavy atom. The molecule has 0 aliphatic heterocycles. The number of rotatable bonds is 3. The zero-order valence-corrected chi connectivity index (χ0v) is 10.8. The van der Waals surface area contributed by atoms with E-state index in [1.807, 2.05) is 53.4 Å². The van der Waals surface area contributed by atoms with Crippen molar-refractivity contribution in [2.24, 2.45) is 0 Å². The largest absolute Gasteiger partial charge is 0.324 e. The minimum absolute atomic E-state index is 0.189. The van der Waals surface area contributed by atoms with E-state index in [9.17, 15) is 4.79 Å². The van der Waals surface area contributed by atoms with Crippen LogP contribution in [0.5, 0.6) is 0 Å². The van der Waals surface area contributed by atoms with Gasteiger partial charge >= 0.3 is 0 Å². The summed E-state index contributed by atoms with van der Waals surface area (Å²) >= 11 is 1.40. The molecule has 0 aliphatic rings. The van der Waals surface area contributed by atoms with Crippen molar-refractivity contribution >= 4 is 22.9 Å². The van der Waals surface area contributed by atoms with E-state index in [1.54, 1.807) is 10.9 Å². The third kappa shape index (κ3) is 2.56. The van der Waals surface area contributed by atoms with Crippen LogP contribution in [0.4, 0.5) is 5.69 Å². The standard InChI is InChI=1S/C14H11N3OS/c18-14(13-9-19-10-15-13)16-11-4-3-5-12(8-11)17-6-1-2-7-17/h1-10H,(H,16,18). The second-order valence-electron chi connectivity index (χ2n) is 3.97. The lowest BCUT2D eigenvalue weighted by atomic mass is 10.2. The number of amides is 1. The molecule has 5 heteroatoms. The molecule has 19 heavy (non-hydrogen) atoms. The molecule has 3 rings (SSSR count). The van der Waals surface area contributed by atoms with E-state index in [1.165, 1.54) is 11.3 Å². The molecule has 3 aromatic rings. The number of carbonyl (C=O) groups is 1. The number of anilines is 1. The van der Waals surface area contributed by atoms with Crippen LogP contribution in [0.2, 0.25) is 0 Å². The third-order valence-electron chi connectivity index (χ3n) is 2.67. The summed E-state index contributed by atoms with van der Waals surface area (Å²) in [6.45, 7) is 0. The lowest BCUT2D eigenvalue weighted by Crippen LogP contribution is -2.12. The van der Waals surface area contributed by atoms with Gasteiger partial charge in [0.15, 0.2) is 0 Å². The molecule has 0 spiro atoms. The Balaban J connectivity index is 1.82. The van der Waals surface area contributed by atoms with Crippen LogP contribution in [-0.4, -0.2) is 15.5 Å². The average molecular weight is 269 g/mol. The van der Waals surface area contributed by atoms with Gasteiger partial charge < -0.3 is 9.88 Å². The predicted molar refractivity (Wildman–Crippen MR) is 75.8 cm³/mol. The van der Waals surface area contributed by atoms with Crippen LogP contribution < -0.4 is 5.32 Å². The fourth-order valence-electron chi connectivity index (χ4n) is 1.77. The summed E-state index contributed by atoms with van der Waals surface area (Å²) in [4.78, 5) is 15.9. The molecule has 1 N–H and O–H groups in total. The average Bonchev–Trinajstić information content (AvgIpc) is 3.13. The Kier molecular flexibility index (Phi) is 3.12. The molecular weight excluding hydrogens is 258 g/mol. The van der Waals surface area contributed by atoms with Crippen LogP contribution in [0.1, 0.15) is 10.5 Å². The van der Waals surface area contributed by atoms with Gasteiger partial charge in [0.25, 0.3) is 5.91 Å². The molecule has 0 radical (unpaired) electrons. The van der Waals surface area contributed by atoms with Crippen molar-refractivity contribution in [1.82, 2.24) is 9.55 Å². The molecule has 1 aromatic carbocycles. The molecule has 0 aliphatic carbocycles. The molecule has 4 nitrogen and oxygen atoms in total. The van der Waals surface area contributed by atoms with Crippen LogP contribution in [0, 0.1) is 0 Å². The third-order valence-corrected chi connectivity index (χ3v) is 3.26. The summed E-state index contributed by atoms with van der Waals surface area (Å²) < 4.78 is 1.98. The lowest BCUT2D eigenvalue weighted by molar-refractivity contribution is 0.102. The van der Waals surface area contributed by atoms with E-state index < -0.39 is 0 Å². The van der Waals surface area contributed by atoms with Crippen molar-refractivity contribution < 1.29 is 4.79 Å². The number of hydrogen-bond donors (Lipinski definition) is 1. The Morgan fingerprint density at radius 2 is 2.05 bits per heavy atom. The normalized spacial score (nSPS) is 10.3. The molecule has 0 unspecified atom stereocenters. The van der Waals surface area contributed by atoms with Crippen molar-refractivity contribution in [2.45, 2.75) is 0 Å². The number of hydrogen-bond acceptors (Lipinski definition) is 3. The van der Waals surface area contributed by atoms with Crippen LogP contribution in [0.3, 0.4) is 0 Å². The summed E-state index contributed by atoms with van der Waals surface area (Å²) in [5.41, 5.74) is 3.84. The van der Waals surface area contributed by atoms with Gasteiger partial charge in [0, 0.05) is 29.1 Å². The van der Waals surface area contributed by atoms with Crippen LogP contribution in [0.15, 0.2) is 59.7 Å². The summed E-state index contributed by atoms with van der Waals surface area (Å²) in [6, 6.07) is 11.6. The number of carbonyl (C=O) groups excluding carboxylic acids is 1. The zero-order chi connectivity index (χ0) is 13.1. The molecule has 2 heterocycles. The highest BCUT2D eigenvalue weighted by Gasteiger charge is 2.08. The van der Waals surface area contributed by atoms with E-state index in [0.29, 0.717) is 5.69 Å².